The van der Waals surface area contributed by atoms with Gasteiger partial charge in [-0.05, 0) is 62.4 Å². The Morgan fingerprint density at radius 1 is 1.02 bits per heavy atom. The van der Waals surface area contributed by atoms with Crippen molar-refractivity contribution in [1.82, 2.24) is 14.9 Å². The fourth-order valence-corrected chi connectivity index (χ4v) is 8.24. The smallest absolute Gasteiger partial charge is 0.274 e. The van der Waals surface area contributed by atoms with Crippen molar-refractivity contribution >= 4 is 74.3 Å². The van der Waals surface area contributed by atoms with E-state index in [-0.39, 0.29) is 53.0 Å². The molecule has 4 amide bonds. The van der Waals surface area contributed by atoms with Crippen LogP contribution in [0.4, 0.5) is 22.9 Å². The highest BCUT2D eigenvalue weighted by Gasteiger charge is 2.36. The number of carbonyl (C=O) groups excluding carboxylic acids is 4. The van der Waals surface area contributed by atoms with Crippen LogP contribution in [0.25, 0.3) is 0 Å². The fourth-order valence-electron chi connectivity index (χ4n) is 6.13. The van der Waals surface area contributed by atoms with E-state index >= 15 is 0 Å². The number of rotatable bonds is 14. The Labute approximate surface area is 315 Å². The van der Waals surface area contributed by atoms with E-state index in [0.717, 1.165) is 11.3 Å². The van der Waals surface area contributed by atoms with Gasteiger partial charge in [0.2, 0.25) is 5.91 Å². The molecular formula is C38H41N7O6S2. The average Bonchev–Trinajstić information content (AvgIpc) is 3.66. The number of anilines is 3. The van der Waals surface area contributed by atoms with Crippen molar-refractivity contribution in [1.29, 1.82) is 0 Å². The summed E-state index contributed by atoms with van der Waals surface area (Å²) in [5, 5.41) is 8.46. The molecule has 13 nitrogen and oxygen atoms in total. The van der Waals surface area contributed by atoms with Crippen LogP contribution in [0.2, 0.25) is 0 Å². The molecule has 0 bridgehead atoms. The summed E-state index contributed by atoms with van der Waals surface area (Å²) in [4.78, 5) is 63.0. The molecule has 276 valence electrons. The monoisotopic (exact) mass is 755 g/mol. The van der Waals surface area contributed by atoms with Gasteiger partial charge in [-0.2, -0.15) is 0 Å². The van der Waals surface area contributed by atoms with Gasteiger partial charge in [0, 0.05) is 55.3 Å². The van der Waals surface area contributed by atoms with E-state index in [0.29, 0.717) is 53.5 Å². The second kappa shape index (κ2) is 16.2. The summed E-state index contributed by atoms with van der Waals surface area (Å²) in [5.41, 5.74) is 3.83. The van der Waals surface area contributed by atoms with Crippen LogP contribution in [-0.2, 0) is 18.3 Å². The van der Waals surface area contributed by atoms with Crippen molar-refractivity contribution in [2.75, 3.05) is 42.1 Å². The van der Waals surface area contributed by atoms with Crippen LogP contribution < -0.4 is 30.3 Å². The number of ether oxygens (including phenoxy) is 2. The molecule has 0 spiro atoms. The lowest BCUT2D eigenvalue weighted by Crippen LogP contribution is -2.37. The SMILES string of the molecule is COc1cc2c(cc1OCCCC(=O)Nc1cccc(C(=O)Nc3cc(C(=O)NCC(C)(C)SSC)n(C)c3)n1)N=C[C@@H]1Cc3ccccc3N1C2=O. The zero-order valence-corrected chi connectivity index (χ0v) is 31.7. The summed E-state index contributed by atoms with van der Waals surface area (Å²) >= 11 is 0. The Hall–Kier alpha value is -5.28. The summed E-state index contributed by atoms with van der Waals surface area (Å²) in [6, 6.07) is 17.4. The van der Waals surface area contributed by atoms with Crippen LogP contribution in [0.5, 0.6) is 11.5 Å². The van der Waals surface area contributed by atoms with E-state index in [1.165, 1.54) is 13.2 Å². The van der Waals surface area contributed by atoms with Crippen molar-refractivity contribution in [2.45, 2.75) is 43.9 Å². The van der Waals surface area contributed by atoms with E-state index < -0.39 is 5.91 Å². The van der Waals surface area contributed by atoms with E-state index in [2.05, 4.69) is 39.8 Å². The van der Waals surface area contributed by atoms with Crippen molar-refractivity contribution < 1.29 is 28.7 Å². The number of carbonyl (C=O) groups is 4. The van der Waals surface area contributed by atoms with Crippen molar-refractivity contribution in [3.8, 4) is 11.5 Å². The molecule has 0 fully saturated rings. The molecule has 4 aromatic rings. The number of para-hydroxylation sites is 1. The molecule has 1 atom stereocenters. The zero-order chi connectivity index (χ0) is 37.7. The van der Waals surface area contributed by atoms with Crippen molar-refractivity contribution in [2.24, 2.45) is 12.0 Å². The van der Waals surface area contributed by atoms with Gasteiger partial charge in [-0.15, -0.1) is 0 Å². The van der Waals surface area contributed by atoms with E-state index in [4.69, 9.17) is 9.47 Å². The molecule has 2 aromatic carbocycles. The maximum Gasteiger partial charge on any atom is 0.274 e. The number of nitrogens with zero attached hydrogens (tertiary/aromatic N) is 4. The summed E-state index contributed by atoms with van der Waals surface area (Å²) < 4.78 is 13.1. The maximum atomic E-state index is 13.6. The van der Waals surface area contributed by atoms with E-state index in [1.54, 1.807) is 80.8 Å². The number of methoxy groups -OCH3 is 1. The van der Waals surface area contributed by atoms with Gasteiger partial charge >= 0.3 is 0 Å². The lowest BCUT2D eigenvalue weighted by Gasteiger charge is -2.22. The van der Waals surface area contributed by atoms with E-state index in [1.807, 2.05) is 30.5 Å². The van der Waals surface area contributed by atoms with Crippen LogP contribution in [0, 0.1) is 0 Å². The Morgan fingerprint density at radius 2 is 1.83 bits per heavy atom. The quantitative estimate of drug-likeness (QED) is 0.0995. The molecule has 2 aliphatic rings. The number of aryl methyl sites for hydroxylation is 1. The van der Waals surface area contributed by atoms with Crippen LogP contribution in [0.15, 0.2) is 71.9 Å². The summed E-state index contributed by atoms with van der Waals surface area (Å²) in [6.07, 6.45) is 6.64. The summed E-state index contributed by atoms with van der Waals surface area (Å²) in [7, 11) is 6.56. The molecule has 2 aromatic heterocycles. The van der Waals surface area contributed by atoms with Gasteiger partial charge in [-0.3, -0.25) is 29.1 Å². The van der Waals surface area contributed by atoms with E-state index in [9.17, 15) is 19.2 Å². The number of fused-ring (bicyclic) bond motifs is 4. The average molecular weight is 756 g/mol. The lowest BCUT2D eigenvalue weighted by molar-refractivity contribution is -0.116. The minimum Gasteiger partial charge on any atom is -0.493 e. The van der Waals surface area contributed by atoms with Crippen LogP contribution in [0.1, 0.15) is 63.6 Å². The number of hydrogen-bond donors (Lipinski definition) is 3. The highest BCUT2D eigenvalue weighted by atomic mass is 33.1. The van der Waals surface area contributed by atoms with Crippen molar-refractivity contribution in [3.05, 3.63) is 89.4 Å². The molecule has 2 aliphatic heterocycles. The molecule has 0 saturated heterocycles. The van der Waals surface area contributed by atoms with Gasteiger partial charge < -0.3 is 30.0 Å². The molecule has 15 heteroatoms. The number of aromatic nitrogens is 2. The highest BCUT2D eigenvalue weighted by Crippen LogP contribution is 2.41. The molecule has 6 rings (SSSR count). The molecule has 3 N–H and O–H groups in total. The molecule has 0 saturated carbocycles. The Bertz CT molecular complexity index is 2080. The summed E-state index contributed by atoms with van der Waals surface area (Å²) in [5.74, 6) is -0.163. The number of pyridine rings is 1. The fraction of sp³-hybridized carbons (Fsp3) is 0.316. The maximum absolute atomic E-state index is 13.6. The molecule has 0 radical (unpaired) electrons. The lowest BCUT2D eigenvalue weighted by atomic mass is 10.1. The third-order valence-corrected chi connectivity index (χ3v) is 11.3. The zero-order valence-electron chi connectivity index (χ0n) is 30.1. The second-order valence-electron chi connectivity index (χ2n) is 13.2. The number of aliphatic imine (C=N–C) groups is 1. The third-order valence-electron chi connectivity index (χ3n) is 8.66. The first-order valence-electron chi connectivity index (χ1n) is 17.0. The standard InChI is InChI=1S/C38H41N7O6S2/c1-38(2,53-52-5)22-40-36(48)30-17-24(21-44(30)3)41-35(47)27-11-8-13-33(42-27)43-34(46)14-9-15-51-32-19-28-26(18-31(32)50-4)37(49)45-25(20-39-28)16-23-10-6-7-12-29(23)45/h6-8,10-13,17-21,25H,9,14-16,22H2,1-5H3,(H,40,48)(H,41,47)(H,42,43,46)/t25-/m0/s1. The molecule has 53 heavy (non-hydrogen) atoms. The van der Waals surface area contributed by atoms with Crippen molar-refractivity contribution in [3.63, 3.8) is 0 Å². The first-order chi connectivity index (χ1) is 25.5. The Morgan fingerprint density at radius 3 is 2.62 bits per heavy atom. The topological polar surface area (TPSA) is 156 Å². The normalized spacial score (nSPS) is 14.5. The minimum absolute atomic E-state index is 0.0953. The molecular weight excluding hydrogens is 715 g/mol. The largest absolute Gasteiger partial charge is 0.493 e. The summed E-state index contributed by atoms with van der Waals surface area (Å²) in [6.45, 7) is 4.80. The van der Waals surface area contributed by atoms with Gasteiger partial charge in [0.25, 0.3) is 17.7 Å². The number of hydrogen-bond acceptors (Lipinski definition) is 10. The Balaban J connectivity index is 1.00. The predicted octanol–water partition coefficient (Wildman–Crippen LogP) is 6.29. The highest BCUT2D eigenvalue weighted by molar-refractivity contribution is 8.77. The number of amides is 4. The third kappa shape index (κ3) is 8.69. The van der Waals surface area contributed by atoms with Crippen LogP contribution in [-0.4, -0.2) is 76.7 Å². The molecule has 0 unspecified atom stereocenters. The predicted molar refractivity (Wildman–Crippen MR) is 210 cm³/mol. The van der Waals surface area contributed by atoms with Gasteiger partial charge in [0.15, 0.2) is 11.5 Å². The van der Waals surface area contributed by atoms with Gasteiger partial charge in [0.1, 0.15) is 17.2 Å². The first kappa shape index (κ1) is 37.5. The van der Waals surface area contributed by atoms with Crippen LogP contribution >= 0.6 is 21.6 Å². The van der Waals surface area contributed by atoms with Gasteiger partial charge in [0.05, 0.1) is 36.7 Å². The second-order valence-corrected chi connectivity index (χ2v) is 16.3. The van der Waals surface area contributed by atoms with Crippen LogP contribution in [0.3, 0.4) is 0 Å². The van der Waals surface area contributed by atoms with Gasteiger partial charge in [-0.25, -0.2) is 4.98 Å². The Kier molecular flexibility index (Phi) is 11.4. The first-order valence-corrected chi connectivity index (χ1v) is 19.6. The van der Waals surface area contributed by atoms with Gasteiger partial charge in [-0.1, -0.05) is 45.9 Å². The number of benzene rings is 2. The minimum atomic E-state index is -0.490. The molecule has 0 aliphatic carbocycles. The molecule has 4 heterocycles. The number of nitrogens with one attached hydrogen (secondary N) is 3.